The lowest BCUT2D eigenvalue weighted by Gasteiger charge is -2.19. The molecule has 2 rings (SSSR count). The minimum Gasteiger partial charge on any atom is -0.505 e. The molecule has 2 aliphatic heterocycles. The van der Waals surface area contributed by atoms with Gasteiger partial charge >= 0.3 is 11.9 Å². The monoisotopic (exact) mass is 480 g/mol. The molecule has 7 heteroatoms. The molecule has 0 aromatic carbocycles. The van der Waals surface area contributed by atoms with Crippen molar-refractivity contribution in [2.75, 3.05) is 6.61 Å². The highest BCUT2D eigenvalue weighted by molar-refractivity contribution is 5.92. The summed E-state index contributed by atoms with van der Waals surface area (Å²) < 4.78 is 21.3. The molecule has 0 radical (unpaired) electrons. The first kappa shape index (κ1) is 28.4. The Morgan fingerprint density at radius 3 is 2.18 bits per heavy atom. The molecular weight excluding hydrogens is 436 g/mol. The van der Waals surface area contributed by atoms with Crippen LogP contribution in [0, 0.1) is 0 Å². The topological polar surface area (TPSA) is 91.3 Å². The van der Waals surface area contributed by atoms with Crippen LogP contribution in [0.2, 0.25) is 0 Å². The summed E-state index contributed by atoms with van der Waals surface area (Å²) >= 11 is 0. The molecule has 2 aliphatic rings. The maximum absolute atomic E-state index is 12.1. The van der Waals surface area contributed by atoms with Gasteiger partial charge in [-0.1, -0.05) is 70.4 Å². The molecule has 7 nitrogen and oxygen atoms in total. The van der Waals surface area contributed by atoms with E-state index in [9.17, 15) is 14.7 Å². The summed E-state index contributed by atoms with van der Waals surface area (Å²) in [6.45, 7) is 5.89. The number of rotatable bonds is 17. The van der Waals surface area contributed by atoms with E-state index in [1.807, 2.05) is 0 Å². The van der Waals surface area contributed by atoms with E-state index in [-0.39, 0.29) is 13.0 Å². The fourth-order valence-electron chi connectivity index (χ4n) is 4.17. The smallest absolute Gasteiger partial charge is 0.378 e. The molecule has 0 amide bonds. The molecular formula is C27H44O7. The summed E-state index contributed by atoms with van der Waals surface area (Å²) in [7, 11) is 0. The van der Waals surface area contributed by atoms with Gasteiger partial charge in [-0.2, -0.15) is 0 Å². The number of aliphatic hydroxyl groups is 1. The Hall–Kier alpha value is -1.86. The minimum absolute atomic E-state index is 0.172. The van der Waals surface area contributed by atoms with E-state index < -0.39 is 41.5 Å². The maximum atomic E-state index is 12.1. The molecule has 1 N–H and O–H groups in total. The van der Waals surface area contributed by atoms with Crippen molar-refractivity contribution in [3.8, 4) is 0 Å². The van der Waals surface area contributed by atoms with Crippen molar-refractivity contribution in [3.05, 3.63) is 23.7 Å². The summed E-state index contributed by atoms with van der Waals surface area (Å²) in [6.07, 6.45) is 18.5. The van der Waals surface area contributed by atoms with Crippen molar-refractivity contribution in [1.29, 1.82) is 0 Å². The van der Waals surface area contributed by atoms with Crippen molar-refractivity contribution in [3.63, 3.8) is 0 Å². The van der Waals surface area contributed by atoms with Crippen LogP contribution in [0.25, 0.3) is 0 Å². The van der Waals surface area contributed by atoms with Gasteiger partial charge < -0.3 is 24.1 Å². The van der Waals surface area contributed by atoms with Crippen LogP contribution in [0.1, 0.15) is 111 Å². The van der Waals surface area contributed by atoms with Gasteiger partial charge in [0, 0.05) is 6.42 Å². The van der Waals surface area contributed by atoms with Gasteiger partial charge in [0.05, 0.1) is 6.61 Å². The number of allylic oxidation sites excluding steroid dienone is 2. The van der Waals surface area contributed by atoms with Gasteiger partial charge in [0.2, 0.25) is 0 Å². The van der Waals surface area contributed by atoms with Crippen LogP contribution >= 0.6 is 0 Å². The predicted octanol–water partition coefficient (Wildman–Crippen LogP) is 6.41. The predicted molar refractivity (Wildman–Crippen MR) is 130 cm³/mol. The van der Waals surface area contributed by atoms with Crippen LogP contribution in [0.5, 0.6) is 0 Å². The van der Waals surface area contributed by atoms with Crippen molar-refractivity contribution in [1.82, 2.24) is 0 Å². The zero-order valence-electron chi connectivity index (χ0n) is 21.3. The lowest BCUT2D eigenvalue weighted by Crippen LogP contribution is -2.32. The van der Waals surface area contributed by atoms with E-state index in [0.29, 0.717) is 6.42 Å². The van der Waals surface area contributed by atoms with Gasteiger partial charge in [0.15, 0.2) is 17.7 Å². The van der Waals surface area contributed by atoms with Crippen LogP contribution in [-0.4, -0.2) is 41.6 Å². The molecule has 194 valence electrons. The molecule has 0 aromatic rings. The summed E-state index contributed by atoms with van der Waals surface area (Å²) in [5, 5.41) is 10.3. The third-order valence-corrected chi connectivity index (χ3v) is 6.15. The number of aliphatic hydroxyl groups excluding tert-OH is 1. The lowest BCUT2D eigenvalue weighted by atomic mass is 10.1. The first-order chi connectivity index (χ1) is 16.3. The van der Waals surface area contributed by atoms with E-state index >= 15 is 0 Å². The van der Waals surface area contributed by atoms with E-state index in [1.54, 1.807) is 13.8 Å². The number of esters is 2. The normalized spacial score (nSPS) is 22.0. The average molecular weight is 481 g/mol. The second kappa shape index (κ2) is 15.2. The highest BCUT2D eigenvalue weighted by Gasteiger charge is 2.47. The molecule has 0 aromatic heterocycles. The molecule has 2 unspecified atom stereocenters. The third-order valence-electron chi connectivity index (χ3n) is 6.15. The number of unbranched alkanes of at least 4 members (excludes halogenated alkanes) is 11. The van der Waals surface area contributed by atoms with Crippen molar-refractivity contribution in [2.45, 2.75) is 129 Å². The Morgan fingerprint density at radius 2 is 1.59 bits per heavy atom. The van der Waals surface area contributed by atoms with E-state index in [4.69, 9.17) is 18.9 Å². The van der Waals surface area contributed by atoms with Crippen LogP contribution < -0.4 is 0 Å². The minimum atomic E-state index is -1.02. The second-order valence-electron chi connectivity index (χ2n) is 9.72. The van der Waals surface area contributed by atoms with Gasteiger partial charge in [0.1, 0.15) is 6.10 Å². The molecule has 0 spiro atoms. The Bertz CT molecular complexity index is 695. The van der Waals surface area contributed by atoms with Crippen molar-refractivity contribution >= 4 is 11.9 Å². The fraction of sp³-hybridized carbons (Fsp3) is 0.778. The van der Waals surface area contributed by atoms with Crippen LogP contribution in [0.15, 0.2) is 23.7 Å². The first-order valence-corrected chi connectivity index (χ1v) is 13.2. The molecule has 0 aliphatic carbocycles. The Kier molecular flexibility index (Phi) is 12.7. The van der Waals surface area contributed by atoms with E-state index in [1.165, 1.54) is 44.9 Å². The summed E-state index contributed by atoms with van der Waals surface area (Å²) in [5.41, 5.74) is 0. The first-order valence-electron chi connectivity index (χ1n) is 13.2. The van der Waals surface area contributed by atoms with Gasteiger partial charge in [-0.25, -0.2) is 4.79 Å². The highest BCUT2D eigenvalue weighted by atomic mass is 16.8. The van der Waals surface area contributed by atoms with Gasteiger partial charge in [-0.3, -0.25) is 4.79 Å². The number of carbonyl (C=O) groups is 2. The van der Waals surface area contributed by atoms with Crippen molar-refractivity contribution < 1.29 is 33.6 Å². The molecule has 2 heterocycles. The Morgan fingerprint density at radius 1 is 1.00 bits per heavy atom. The molecule has 1 fully saturated rings. The van der Waals surface area contributed by atoms with Gasteiger partial charge in [-0.05, 0) is 46.0 Å². The summed E-state index contributed by atoms with van der Waals surface area (Å²) in [6, 6.07) is 0. The van der Waals surface area contributed by atoms with Crippen LogP contribution in [0.3, 0.4) is 0 Å². The number of carbonyl (C=O) groups excluding carboxylic acids is 2. The van der Waals surface area contributed by atoms with Gasteiger partial charge in [0.25, 0.3) is 5.76 Å². The van der Waals surface area contributed by atoms with E-state index in [2.05, 4.69) is 19.1 Å². The summed E-state index contributed by atoms with van der Waals surface area (Å²) in [4.78, 5) is 24.2. The quantitative estimate of drug-likeness (QED) is 0.146. The van der Waals surface area contributed by atoms with Crippen LogP contribution in [-0.2, 0) is 28.5 Å². The van der Waals surface area contributed by atoms with Crippen molar-refractivity contribution in [2.24, 2.45) is 0 Å². The Labute approximate surface area is 204 Å². The average Bonchev–Trinajstić information content (AvgIpc) is 3.29. The highest BCUT2D eigenvalue weighted by Crippen LogP contribution is 2.32. The zero-order valence-corrected chi connectivity index (χ0v) is 21.3. The fourth-order valence-corrected chi connectivity index (χ4v) is 4.17. The largest absolute Gasteiger partial charge is 0.505 e. The third kappa shape index (κ3) is 10.2. The summed E-state index contributed by atoms with van der Waals surface area (Å²) in [5.74, 6) is -3.06. The standard InChI is InChI=1S/C27H44O7/c1-4-5-6-7-8-9-10-11-12-13-14-15-16-17-18-19-22(28)32-25-23(29)24(33-26(25)30)21-20-31-27(2,3)34-21/h11-12,21,24,29H,4-10,13-20H2,1-3H3/b12-11-. The number of cyclic esters (lactones) is 1. The van der Waals surface area contributed by atoms with Crippen LogP contribution in [0.4, 0.5) is 0 Å². The number of ether oxygens (including phenoxy) is 4. The zero-order chi connectivity index (χ0) is 24.8. The molecule has 2 atom stereocenters. The SMILES string of the molecule is CCCCCCCC/C=C\CCCCCCCC(=O)OC1=C(O)C(C2COC(C)(C)O2)OC1=O. The molecule has 0 bridgehead atoms. The number of hydrogen-bond donors (Lipinski definition) is 1. The van der Waals surface area contributed by atoms with Gasteiger partial charge in [-0.15, -0.1) is 0 Å². The molecule has 1 saturated heterocycles. The molecule has 0 saturated carbocycles. The number of hydrogen-bond acceptors (Lipinski definition) is 7. The second-order valence-corrected chi connectivity index (χ2v) is 9.72. The van der Waals surface area contributed by atoms with E-state index in [0.717, 1.165) is 32.1 Å². The molecule has 34 heavy (non-hydrogen) atoms. The lowest BCUT2D eigenvalue weighted by molar-refractivity contribution is -0.164. The maximum Gasteiger partial charge on any atom is 0.378 e. The Balaban J connectivity index is 1.51.